The van der Waals surface area contributed by atoms with Crippen LogP contribution in [-0.4, -0.2) is 43.0 Å². The van der Waals surface area contributed by atoms with Crippen LogP contribution in [-0.2, 0) is 0 Å². The minimum absolute atomic E-state index is 0.0332. The molecule has 1 saturated carbocycles. The number of hydrogen-bond acceptors (Lipinski definition) is 2. The van der Waals surface area contributed by atoms with Gasteiger partial charge < -0.3 is 15.7 Å². The van der Waals surface area contributed by atoms with Gasteiger partial charge in [0.1, 0.15) is 0 Å². The summed E-state index contributed by atoms with van der Waals surface area (Å²) < 4.78 is 37.9. The van der Waals surface area contributed by atoms with Crippen LogP contribution in [0.4, 0.5) is 13.2 Å². The van der Waals surface area contributed by atoms with Gasteiger partial charge in [0.15, 0.2) is 5.96 Å². The average molecular weight is 309 g/mol. The summed E-state index contributed by atoms with van der Waals surface area (Å²) >= 11 is 0. The molecule has 1 rings (SSSR count). The number of rotatable bonds is 5. The molecule has 0 aromatic rings. The number of alkyl halides is 3. The number of aliphatic hydroxyl groups is 1. The summed E-state index contributed by atoms with van der Waals surface area (Å²) in [6, 6.07) is 0.0332. The van der Waals surface area contributed by atoms with E-state index in [0.29, 0.717) is 31.9 Å². The van der Waals surface area contributed by atoms with Gasteiger partial charge in [0, 0.05) is 25.7 Å². The molecule has 0 saturated heterocycles. The Morgan fingerprint density at radius 2 is 1.90 bits per heavy atom. The minimum Gasteiger partial charge on any atom is -0.396 e. The molecule has 0 bridgehead atoms. The van der Waals surface area contributed by atoms with Gasteiger partial charge in [-0.3, -0.25) is 4.99 Å². The summed E-state index contributed by atoms with van der Waals surface area (Å²) in [5.41, 5.74) is 0. The Balaban J connectivity index is 2.46. The normalized spacial score (nSPS) is 25.5. The van der Waals surface area contributed by atoms with Gasteiger partial charge in [-0.2, -0.15) is 13.2 Å². The van der Waals surface area contributed by atoms with Crippen LogP contribution >= 0.6 is 0 Å². The number of hydrogen-bond donors (Lipinski definition) is 3. The van der Waals surface area contributed by atoms with Crippen molar-refractivity contribution in [2.75, 3.05) is 19.7 Å². The summed E-state index contributed by atoms with van der Waals surface area (Å²) in [6.07, 6.45) is -2.71. The van der Waals surface area contributed by atoms with Gasteiger partial charge in [-0.05, 0) is 38.5 Å². The average Bonchev–Trinajstić information content (AvgIpc) is 2.44. The van der Waals surface area contributed by atoms with Crippen LogP contribution in [0.1, 0.15) is 39.5 Å². The van der Waals surface area contributed by atoms with E-state index in [1.807, 2.05) is 13.8 Å². The SMILES string of the molecule is CCNC(=NCC(C)CO)NC1CCC(C(F)(F)F)CC1. The van der Waals surface area contributed by atoms with Gasteiger partial charge in [-0.15, -0.1) is 0 Å². The molecule has 1 unspecified atom stereocenters. The summed E-state index contributed by atoms with van der Waals surface area (Å²) in [5, 5.41) is 15.3. The van der Waals surface area contributed by atoms with E-state index >= 15 is 0 Å². The quantitative estimate of drug-likeness (QED) is 0.539. The first-order valence-corrected chi connectivity index (χ1v) is 7.59. The van der Waals surface area contributed by atoms with Crippen LogP contribution in [0.3, 0.4) is 0 Å². The number of guanidine groups is 1. The highest BCUT2D eigenvalue weighted by Crippen LogP contribution is 2.37. The Morgan fingerprint density at radius 3 is 2.38 bits per heavy atom. The molecule has 0 spiro atoms. The Labute approximate surface area is 124 Å². The van der Waals surface area contributed by atoms with Gasteiger partial charge in [0.2, 0.25) is 0 Å². The molecule has 3 N–H and O–H groups in total. The number of nitrogens with one attached hydrogen (secondary N) is 2. The molecule has 0 amide bonds. The number of nitrogens with zero attached hydrogens (tertiary/aromatic N) is 1. The topological polar surface area (TPSA) is 56.7 Å². The van der Waals surface area contributed by atoms with Gasteiger partial charge in [-0.25, -0.2) is 0 Å². The smallest absolute Gasteiger partial charge is 0.391 e. The maximum absolute atomic E-state index is 12.6. The van der Waals surface area contributed by atoms with E-state index in [9.17, 15) is 13.2 Å². The predicted molar refractivity (Wildman–Crippen MR) is 77.2 cm³/mol. The highest BCUT2D eigenvalue weighted by atomic mass is 19.4. The predicted octanol–water partition coefficient (Wildman–Crippen LogP) is 2.29. The number of aliphatic hydroxyl groups excluding tert-OH is 1. The van der Waals surface area contributed by atoms with Crippen molar-refractivity contribution >= 4 is 5.96 Å². The molecular formula is C14H26F3N3O. The summed E-state index contributed by atoms with van der Waals surface area (Å²) in [5.74, 6) is -0.473. The van der Waals surface area contributed by atoms with Crippen molar-refractivity contribution in [3.63, 3.8) is 0 Å². The first kappa shape index (κ1) is 18.1. The van der Waals surface area contributed by atoms with E-state index in [-0.39, 0.29) is 31.4 Å². The largest absolute Gasteiger partial charge is 0.396 e. The Bertz CT molecular complexity index is 326. The fourth-order valence-electron chi connectivity index (χ4n) is 2.38. The van der Waals surface area contributed by atoms with Crippen molar-refractivity contribution in [1.82, 2.24) is 10.6 Å². The molecule has 21 heavy (non-hydrogen) atoms. The third-order valence-electron chi connectivity index (χ3n) is 3.75. The van der Waals surface area contributed by atoms with E-state index in [0.717, 1.165) is 0 Å². The Kier molecular flexibility index (Phi) is 7.28. The molecule has 0 radical (unpaired) electrons. The lowest BCUT2D eigenvalue weighted by Crippen LogP contribution is -2.46. The van der Waals surface area contributed by atoms with Crippen LogP contribution < -0.4 is 10.6 Å². The van der Waals surface area contributed by atoms with Crippen molar-refractivity contribution in [1.29, 1.82) is 0 Å². The highest BCUT2D eigenvalue weighted by Gasteiger charge is 2.41. The Hall–Kier alpha value is -0.980. The minimum atomic E-state index is -4.07. The van der Waals surface area contributed by atoms with E-state index in [1.54, 1.807) is 0 Å². The van der Waals surface area contributed by atoms with Crippen LogP contribution in [0, 0.1) is 11.8 Å². The third kappa shape index (κ3) is 6.54. The van der Waals surface area contributed by atoms with Gasteiger partial charge in [0.05, 0.1) is 5.92 Å². The zero-order valence-corrected chi connectivity index (χ0v) is 12.7. The molecule has 7 heteroatoms. The standard InChI is InChI=1S/C14H26F3N3O/c1-3-18-13(19-8-10(2)9-21)20-12-6-4-11(5-7-12)14(15,16)17/h10-12,21H,3-9H2,1-2H3,(H2,18,19,20). The Morgan fingerprint density at radius 1 is 1.29 bits per heavy atom. The molecule has 0 aromatic carbocycles. The van der Waals surface area contributed by atoms with Crippen molar-refractivity contribution in [2.45, 2.75) is 51.7 Å². The molecule has 1 atom stereocenters. The number of halogens is 3. The zero-order valence-electron chi connectivity index (χ0n) is 12.7. The van der Waals surface area contributed by atoms with Gasteiger partial charge in [-0.1, -0.05) is 6.92 Å². The second-order valence-electron chi connectivity index (χ2n) is 5.74. The summed E-state index contributed by atoms with van der Waals surface area (Å²) in [7, 11) is 0. The lowest BCUT2D eigenvalue weighted by atomic mass is 9.85. The lowest BCUT2D eigenvalue weighted by molar-refractivity contribution is -0.182. The zero-order chi connectivity index (χ0) is 15.9. The molecule has 1 aliphatic carbocycles. The molecule has 0 heterocycles. The van der Waals surface area contributed by atoms with Crippen LogP contribution in [0.2, 0.25) is 0 Å². The van der Waals surface area contributed by atoms with E-state index in [2.05, 4.69) is 15.6 Å². The maximum atomic E-state index is 12.6. The monoisotopic (exact) mass is 309 g/mol. The molecule has 0 aliphatic heterocycles. The maximum Gasteiger partial charge on any atom is 0.391 e. The van der Waals surface area contributed by atoms with Gasteiger partial charge >= 0.3 is 6.18 Å². The summed E-state index contributed by atoms with van der Waals surface area (Å²) in [6.45, 7) is 5.08. The van der Waals surface area contributed by atoms with Crippen molar-refractivity contribution < 1.29 is 18.3 Å². The fraction of sp³-hybridized carbons (Fsp3) is 0.929. The number of aliphatic imine (C=N–C) groups is 1. The molecule has 1 aliphatic rings. The first-order chi connectivity index (χ1) is 9.86. The second kappa shape index (κ2) is 8.46. The van der Waals surface area contributed by atoms with Crippen molar-refractivity contribution in [3.8, 4) is 0 Å². The fourth-order valence-corrected chi connectivity index (χ4v) is 2.38. The first-order valence-electron chi connectivity index (χ1n) is 7.59. The second-order valence-corrected chi connectivity index (χ2v) is 5.74. The van der Waals surface area contributed by atoms with Crippen LogP contribution in [0.5, 0.6) is 0 Å². The van der Waals surface area contributed by atoms with Crippen LogP contribution in [0.15, 0.2) is 4.99 Å². The van der Waals surface area contributed by atoms with Crippen LogP contribution in [0.25, 0.3) is 0 Å². The molecule has 4 nitrogen and oxygen atoms in total. The van der Waals surface area contributed by atoms with Crippen molar-refractivity contribution in [3.05, 3.63) is 0 Å². The third-order valence-corrected chi connectivity index (χ3v) is 3.75. The molecule has 124 valence electrons. The van der Waals surface area contributed by atoms with E-state index < -0.39 is 12.1 Å². The molecular weight excluding hydrogens is 283 g/mol. The molecule has 1 fully saturated rings. The lowest BCUT2D eigenvalue weighted by Gasteiger charge is -2.31. The van der Waals surface area contributed by atoms with Gasteiger partial charge in [0.25, 0.3) is 0 Å². The van der Waals surface area contributed by atoms with E-state index in [1.165, 1.54) is 0 Å². The molecule has 0 aromatic heterocycles. The van der Waals surface area contributed by atoms with Crippen molar-refractivity contribution in [2.24, 2.45) is 16.8 Å². The summed E-state index contributed by atoms with van der Waals surface area (Å²) in [4.78, 5) is 4.36. The van der Waals surface area contributed by atoms with E-state index in [4.69, 9.17) is 5.11 Å². The highest BCUT2D eigenvalue weighted by molar-refractivity contribution is 5.80.